The Bertz CT molecular complexity index is 1970. The van der Waals surface area contributed by atoms with Crippen molar-refractivity contribution in [3.63, 3.8) is 0 Å². The quantitative estimate of drug-likeness (QED) is 0.0439. The second-order valence-electron chi connectivity index (χ2n) is 15.8. The lowest BCUT2D eigenvalue weighted by molar-refractivity contribution is -0.254. The lowest BCUT2D eigenvalue weighted by atomic mass is 9.55. The Balaban J connectivity index is 1.37. The summed E-state index contributed by atoms with van der Waals surface area (Å²) in [7, 11) is 0. The largest absolute Gasteiger partial charge is 0.493 e. The summed E-state index contributed by atoms with van der Waals surface area (Å²) < 4.78 is 32.2. The van der Waals surface area contributed by atoms with Gasteiger partial charge < -0.3 is 43.6 Å². The molecule has 7 rings (SSSR count). The normalized spacial score (nSPS) is 24.2. The number of fused-ring (bicyclic) bond motifs is 3. The standard InChI is InChI=1S/C48H60N2O9S/c1-4-22-50(47(53)34-18-20-42-43(29-34)56-32-55-42)44-31-40(49-58-6-3)38-28-33(14-10-12-23-51)37(17-11-13-24-52)45-39-30-35(54-26-27-60-36-15-8-7-9-16-36)19-21-41(39)59-48(44,46(38)45)57-25-5-2/h5,7-9,15-16,18-21,28-30,33,37,44-46,51-52H,2,4,6,10-14,17,22-27,31-32H2,1,3H3. The summed E-state index contributed by atoms with van der Waals surface area (Å²) in [5, 5.41) is 24.6. The van der Waals surface area contributed by atoms with E-state index < -0.39 is 17.7 Å². The summed E-state index contributed by atoms with van der Waals surface area (Å²) in [6.45, 7) is 9.92. The second kappa shape index (κ2) is 20.9. The zero-order chi connectivity index (χ0) is 41.9. The van der Waals surface area contributed by atoms with Gasteiger partial charge in [-0.1, -0.05) is 55.3 Å². The topological polar surface area (TPSA) is 129 Å². The van der Waals surface area contributed by atoms with Crippen LogP contribution in [0.25, 0.3) is 0 Å². The van der Waals surface area contributed by atoms with Gasteiger partial charge in [0, 0.05) is 53.9 Å². The molecule has 11 nitrogen and oxygen atoms in total. The first-order valence-electron chi connectivity index (χ1n) is 21.7. The molecule has 1 saturated carbocycles. The summed E-state index contributed by atoms with van der Waals surface area (Å²) in [5.41, 5.74) is 3.28. The molecule has 6 atom stereocenters. The van der Waals surface area contributed by atoms with E-state index in [0.717, 1.165) is 54.0 Å². The van der Waals surface area contributed by atoms with Gasteiger partial charge in [0.2, 0.25) is 12.6 Å². The number of aliphatic hydroxyl groups is 2. The van der Waals surface area contributed by atoms with Crippen LogP contribution in [0, 0.1) is 17.8 Å². The van der Waals surface area contributed by atoms with Crippen molar-refractivity contribution in [2.75, 3.05) is 52.1 Å². The van der Waals surface area contributed by atoms with Gasteiger partial charge in [0.1, 0.15) is 24.1 Å². The molecular weight excluding hydrogens is 781 g/mol. The lowest BCUT2D eigenvalue weighted by Crippen LogP contribution is -2.70. The fraction of sp³-hybridized carbons (Fsp3) is 0.500. The summed E-state index contributed by atoms with van der Waals surface area (Å²) in [4.78, 5) is 24.0. The minimum atomic E-state index is -1.34. The predicted molar refractivity (Wildman–Crippen MR) is 233 cm³/mol. The van der Waals surface area contributed by atoms with Crippen LogP contribution in [-0.2, 0) is 9.57 Å². The van der Waals surface area contributed by atoms with Crippen molar-refractivity contribution in [3.8, 4) is 23.0 Å². The van der Waals surface area contributed by atoms with Crippen LogP contribution in [0.5, 0.6) is 23.0 Å². The molecule has 2 aliphatic carbocycles. The van der Waals surface area contributed by atoms with Crippen molar-refractivity contribution >= 4 is 23.4 Å². The minimum absolute atomic E-state index is 0.106. The van der Waals surface area contributed by atoms with Crippen molar-refractivity contribution < 1.29 is 43.5 Å². The summed E-state index contributed by atoms with van der Waals surface area (Å²) in [6, 6.07) is 21.1. The van der Waals surface area contributed by atoms with E-state index >= 15 is 0 Å². The van der Waals surface area contributed by atoms with Crippen LogP contribution in [0.4, 0.5) is 0 Å². The maximum absolute atomic E-state index is 15.0. The van der Waals surface area contributed by atoms with Crippen molar-refractivity contribution in [3.05, 3.63) is 102 Å². The van der Waals surface area contributed by atoms with Crippen molar-refractivity contribution in [1.29, 1.82) is 0 Å². The Hall–Kier alpha value is -4.49. The van der Waals surface area contributed by atoms with Crippen molar-refractivity contribution in [2.24, 2.45) is 22.9 Å². The van der Waals surface area contributed by atoms with Gasteiger partial charge in [-0.2, -0.15) is 0 Å². The van der Waals surface area contributed by atoms with Crippen LogP contribution in [0.3, 0.4) is 0 Å². The van der Waals surface area contributed by atoms with Gasteiger partial charge in [-0.25, -0.2) is 0 Å². The van der Waals surface area contributed by atoms with E-state index in [2.05, 4.69) is 37.8 Å². The average Bonchev–Trinajstić information content (AvgIpc) is 3.75. The Labute approximate surface area is 358 Å². The van der Waals surface area contributed by atoms with Crippen molar-refractivity contribution in [2.45, 2.75) is 87.9 Å². The first-order valence-corrected chi connectivity index (χ1v) is 22.7. The van der Waals surface area contributed by atoms with E-state index in [1.807, 2.05) is 42.2 Å². The molecule has 12 heteroatoms. The molecule has 1 fully saturated rings. The van der Waals surface area contributed by atoms with E-state index in [9.17, 15) is 15.0 Å². The molecule has 4 aliphatic rings. The number of ether oxygens (including phenoxy) is 5. The fourth-order valence-corrected chi connectivity index (χ4v) is 10.3. The predicted octanol–water partition coefficient (Wildman–Crippen LogP) is 8.79. The van der Waals surface area contributed by atoms with E-state index in [-0.39, 0.29) is 50.3 Å². The molecule has 2 N–H and O–H groups in total. The van der Waals surface area contributed by atoms with Gasteiger partial charge in [0.05, 0.1) is 24.8 Å². The van der Waals surface area contributed by atoms with Gasteiger partial charge in [0.25, 0.3) is 5.91 Å². The monoisotopic (exact) mass is 840 g/mol. The Morgan fingerprint density at radius 2 is 1.77 bits per heavy atom. The number of benzene rings is 3. The number of hydrogen-bond donors (Lipinski definition) is 2. The SMILES string of the molecule is C=CCOC12Oc3ccc(OCCSc4ccccc4)cc3C3C(CCCCO)C(CCCCO)C=C(C(=NOCC)CC1N(CCC)C(=O)c1ccc4c(c1)OCO4)C32. The third-order valence-electron chi connectivity index (χ3n) is 12.0. The van der Waals surface area contributed by atoms with Crippen molar-refractivity contribution in [1.82, 2.24) is 4.90 Å². The van der Waals surface area contributed by atoms with Crippen LogP contribution in [0.2, 0.25) is 0 Å². The third kappa shape index (κ3) is 9.37. The number of unbranched alkanes of at least 4 members (excludes halogenated alkanes) is 2. The molecule has 322 valence electrons. The number of hydrogen-bond acceptors (Lipinski definition) is 11. The second-order valence-corrected chi connectivity index (χ2v) is 16.9. The number of allylic oxidation sites excluding steroid dienone is 1. The van der Waals surface area contributed by atoms with Crippen LogP contribution < -0.4 is 18.9 Å². The summed E-state index contributed by atoms with van der Waals surface area (Å²) in [6.07, 6.45) is 9.93. The van der Waals surface area contributed by atoms with Gasteiger partial charge in [0.15, 0.2) is 11.5 Å². The van der Waals surface area contributed by atoms with Gasteiger partial charge in [-0.15, -0.1) is 18.3 Å². The number of amides is 1. The maximum atomic E-state index is 15.0. The van der Waals surface area contributed by atoms with Gasteiger partial charge in [-0.3, -0.25) is 4.79 Å². The van der Waals surface area contributed by atoms with Crippen LogP contribution >= 0.6 is 11.8 Å². The molecule has 2 heterocycles. The van der Waals surface area contributed by atoms with E-state index in [0.29, 0.717) is 68.3 Å². The molecule has 1 amide bonds. The Morgan fingerprint density at radius 1 is 0.983 bits per heavy atom. The summed E-state index contributed by atoms with van der Waals surface area (Å²) >= 11 is 1.76. The number of aliphatic hydroxyl groups excluding tert-OH is 2. The molecule has 0 bridgehead atoms. The first-order chi connectivity index (χ1) is 29.5. The Morgan fingerprint density at radius 3 is 2.53 bits per heavy atom. The highest BCUT2D eigenvalue weighted by Crippen LogP contribution is 2.62. The zero-order valence-corrected chi connectivity index (χ0v) is 35.8. The highest BCUT2D eigenvalue weighted by molar-refractivity contribution is 7.99. The number of rotatable bonds is 22. The van der Waals surface area contributed by atoms with E-state index in [1.54, 1.807) is 36.0 Å². The van der Waals surface area contributed by atoms with Gasteiger partial charge >= 0.3 is 0 Å². The highest BCUT2D eigenvalue weighted by atomic mass is 32.2. The van der Waals surface area contributed by atoms with Crippen LogP contribution in [0.1, 0.15) is 87.1 Å². The molecule has 3 aromatic carbocycles. The van der Waals surface area contributed by atoms with E-state index in [1.165, 1.54) is 4.90 Å². The maximum Gasteiger partial charge on any atom is 0.254 e. The fourth-order valence-electron chi connectivity index (χ4n) is 9.55. The number of thioether (sulfide) groups is 1. The van der Waals surface area contributed by atoms with Crippen LogP contribution in [-0.4, -0.2) is 90.7 Å². The lowest BCUT2D eigenvalue weighted by Gasteiger charge is -2.60. The molecule has 6 unspecified atom stereocenters. The number of carbonyl (C=O) groups excluding carboxylic acids is 1. The molecule has 3 aromatic rings. The first kappa shape index (κ1) is 43.6. The molecule has 60 heavy (non-hydrogen) atoms. The number of oxime groups is 1. The molecule has 0 aromatic heterocycles. The smallest absolute Gasteiger partial charge is 0.254 e. The molecule has 2 aliphatic heterocycles. The minimum Gasteiger partial charge on any atom is -0.493 e. The third-order valence-corrected chi connectivity index (χ3v) is 13.0. The Kier molecular flexibility index (Phi) is 15.2. The number of carbonyl (C=O) groups is 1. The molecular formula is C48H60N2O9S. The van der Waals surface area contributed by atoms with Gasteiger partial charge in [-0.05, 0) is 105 Å². The summed E-state index contributed by atoms with van der Waals surface area (Å²) in [5.74, 6) is 1.56. The molecule has 0 saturated heterocycles. The van der Waals surface area contributed by atoms with Crippen LogP contribution in [0.15, 0.2) is 101 Å². The molecule has 0 spiro atoms. The number of nitrogens with zero attached hydrogens (tertiary/aromatic N) is 2. The average molecular weight is 841 g/mol. The molecule has 0 radical (unpaired) electrons. The van der Waals surface area contributed by atoms with E-state index in [4.69, 9.17) is 33.7 Å². The zero-order valence-electron chi connectivity index (χ0n) is 35.0. The highest BCUT2D eigenvalue weighted by Gasteiger charge is 2.65.